The molecule has 22 heavy (non-hydrogen) atoms. The maximum absolute atomic E-state index is 12.6. The Hall–Kier alpha value is -1.59. The van der Waals surface area contributed by atoms with E-state index in [9.17, 15) is 14.4 Å². The summed E-state index contributed by atoms with van der Waals surface area (Å²) >= 11 is 0. The van der Waals surface area contributed by atoms with E-state index < -0.39 is 5.97 Å². The standard InChI is InChI=1S/C16H26N2O4/c1-11(2)18-10-13(8-14(18)19)16(22)17-7-3-4-12(9-17)5-6-15(20)21/h11-13H,3-10H2,1-2H3,(H,20,21)/t12-,13+/m0/s1. The van der Waals surface area contributed by atoms with E-state index in [2.05, 4.69) is 0 Å². The van der Waals surface area contributed by atoms with Crippen LogP contribution in [0.1, 0.15) is 46.0 Å². The van der Waals surface area contributed by atoms with Crippen LogP contribution in [0.4, 0.5) is 0 Å². The Morgan fingerprint density at radius 3 is 2.64 bits per heavy atom. The molecule has 0 aromatic carbocycles. The highest BCUT2D eigenvalue weighted by Gasteiger charge is 2.38. The van der Waals surface area contributed by atoms with E-state index in [1.807, 2.05) is 18.7 Å². The van der Waals surface area contributed by atoms with Crippen LogP contribution in [0.3, 0.4) is 0 Å². The Morgan fingerprint density at radius 2 is 2.05 bits per heavy atom. The third kappa shape index (κ3) is 3.99. The lowest BCUT2D eigenvalue weighted by Gasteiger charge is -2.34. The zero-order valence-electron chi connectivity index (χ0n) is 13.5. The van der Waals surface area contributed by atoms with Crippen molar-refractivity contribution in [2.75, 3.05) is 19.6 Å². The van der Waals surface area contributed by atoms with Crippen LogP contribution in [0.2, 0.25) is 0 Å². The Balaban J connectivity index is 1.89. The number of piperidine rings is 1. The molecule has 2 amide bonds. The first-order chi connectivity index (χ1) is 10.4. The van der Waals surface area contributed by atoms with E-state index in [4.69, 9.17) is 5.11 Å². The SMILES string of the molecule is CC(C)N1C[C@H](C(=O)N2CCC[C@@H](CCC(=O)O)C2)CC1=O. The van der Waals surface area contributed by atoms with Crippen LogP contribution in [0.25, 0.3) is 0 Å². The van der Waals surface area contributed by atoms with Crippen molar-refractivity contribution in [3.05, 3.63) is 0 Å². The molecule has 0 radical (unpaired) electrons. The van der Waals surface area contributed by atoms with Crippen molar-refractivity contribution < 1.29 is 19.5 Å². The lowest BCUT2D eigenvalue weighted by Crippen LogP contribution is -2.44. The fraction of sp³-hybridized carbons (Fsp3) is 0.812. The summed E-state index contributed by atoms with van der Waals surface area (Å²) in [5.74, 6) is -0.609. The van der Waals surface area contributed by atoms with Crippen molar-refractivity contribution in [2.24, 2.45) is 11.8 Å². The van der Waals surface area contributed by atoms with Gasteiger partial charge in [0.05, 0.1) is 5.92 Å². The van der Waals surface area contributed by atoms with Gasteiger partial charge in [0, 0.05) is 38.5 Å². The first kappa shape index (κ1) is 16.8. The molecular weight excluding hydrogens is 284 g/mol. The first-order valence-corrected chi connectivity index (χ1v) is 8.18. The summed E-state index contributed by atoms with van der Waals surface area (Å²) in [5, 5.41) is 8.78. The number of nitrogens with zero attached hydrogens (tertiary/aromatic N) is 2. The van der Waals surface area contributed by atoms with Gasteiger partial charge in [0.1, 0.15) is 0 Å². The van der Waals surface area contributed by atoms with Gasteiger partial charge in [-0.05, 0) is 39.0 Å². The number of amides is 2. The molecule has 0 spiro atoms. The minimum Gasteiger partial charge on any atom is -0.481 e. The highest BCUT2D eigenvalue weighted by molar-refractivity contribution is 5.89. The minimum absolute atomic E-state index is 0.0628. The van der Waals surface area contributed by atoms with Crippen LogP contribution in [0, 0.1) is 11.8 Å². The normalized spacial score (nSPS) is 25.9. The van der Waals surface area contributed by atoms with Gasteiger partial charge >= 0.3 is 5.97 Å². The van der Waals surface area contributed by atoms with E-state index in [-0.39, 0.29) is 36.1 Å². The van der Waals surface area contributed by atoms with Crippen LogP contribution in [0.15, 0.2) is 0 Å². The Bertz CT molecular complexity index is 449. The number of carbonyl (C=O) groups is 3. The number of likely N-dealkylation sites (tertiary alicyclic amines) is 2. The number of carboxylic acid groups (broad SMARTS) is 1. The lowest BCUT2D eigenvalue weighted by molar-refractivity contribution is -0.138. The van der Waals surface area contributed by atoms with Crippen LogP contribution in [0.5, 0.6) is 0 Å². The van der Waals surface area contributed by atoms with Crippen molar-refractivity contribution in [1.29, 1.82) is 0 Å². The average molecular weight is 310 g/mol. The third-order valence-corrected chi connectivity index (χ3v) is 4.73. The zero-order chi connectivity index (χ0) is 16.3. The second-order valence-electron chi connectivity index (χ2n) is 6.77. The summed E-state index contributed by atoms with van der Waals surface area (Å²) in [6.07, 6.45) is 3.01. The Labute approximate surface area is 131 Å². The number of carboxylic acids is 1. The van der Waals surface area contributed by atoms with Gasteiger partial charge < -0.3 is 14.9 Å². The first-order valence-electron chi connectivity index (χ1n) is 8.18. The van der Waals surface area contributed by atoms with E-state index in [0.717, 1.165) is 19.4 Å². The van der Waals surface area contributed by atoms with Crippen LogP contribution in [-0.2, 0) is 14.4 Å². The highest BCUT2D eigenvalue weighted by atomic mass is 16.4. The summed E-state index contributed by atoms with van der Waals surface area (Å²) in [6, 6.07) is 0.134. The van der Waals surface area contributed by atoms with Crippen molar-refractivity contribution in [3.63, 3.8) is 0 Å². The van der Waals surface area contributed by atoms with Gasteiger partial charge in [-0.2, -0.15) is 0 Å². The Kier molecular flexibility index (Phi) is 5.42. The molecule has 2 fully saturated rings. The number of hydrogen-bond donors (Lipinski definition) is 1. The summed E-state index contributed by atoms with van der Waals surface area (Å²) in [4.78, 5) is 38.9. The van der Waals surface area contributed by atoms with Crippen molar-refractivity contribution in [2.45, 2.75) is 52.0 Å². The fourth-order valence-electron chi connectivity index (χ4n) is 3.48. The molecule has 0 bridgehead atoms. The highest BCUT2D eigenvalue weighted by Crippen LogP contribution is 2.26. The molecule has 6 heteroatoms. The summed E-state index contributed by atoms with van der Waals surface area (Å²) in [7, 11) is 0. The van der Waals surface area contributed by atoms with Gasteiger partial charge in [0.2, 0.25) is 11.8 Å². The van der Waals surface area contributed by atoms with Gasteiger partial charge in [0.25, 0.3) is 0 Å². The smallest absolute Gasteiger partial charge is 0.303 e. The molecule has 2 rings (SSSR count). The van der Waals surface area contributed by atoms with E-state index in [1.54, 1.807) is 4.90 Å². The van der Waals surface area contributed by atoms with Gasteiger partial charge in [-0.3, -0.25) is 14.4 Å². The molecule has 6 nitrogen and oxygen atoms in total. The molecular formula is C16H26N2O4. The van der Waals surface area contributed by atoms with Crippen LogP contribution in [-0.4, -0.2) is 58.4 Å². The van der Waals surface area contributed by atoms with Crippen LogP contribution < -0.4 is 0 Å². The third-order valence-electron chi connectivity index (χ3n) is 4.73. The summed E-state index contributed by atoms with van der Waals surface area (Å²) in [5.41, 5.74) is 0. The lowest BCUT2D eigenvalue weighted by atomic mass is 9.92. The van der Waals surface area contributed by atoms with Crippen molar-refractivity contribution in [3.8, 4) is 0 Å². The number of aliphatic carboxylic acids is 1. The van der Waals surface area contributed by atoms with E-state index in [0.29, 0.717) is 25.9 Å². The summed E-state index contributed by atoms with van der Waals surface area (Å²) in [6.45, 7) is 5.82. The number of carbonyl (C=O) groups excluding carboxylic acids is 2. The van der Waals surface area contributed by atoms with E-state index >= 15 is 0 Å². The monoisotopic (exact) mass is 310 g/mol. The largest absolute Gasteiger partial charge is 0.481 e. The topological polar surface area (TPSA) is 77.9 Å². The fourth-order valence-corrected chi connectivity index (χ4v) is 3.48. The molecule has 1 N–H and O–H groups in total. The van der Waals surface area contributed by atoms with Crippen molar-refractivity contribution >= 4 is 17.8 Å². The molecule has 2 heterocycles. The molecule has 2 aliphatic rings. The quantitative estimate of drug-likeness (QED) is 0.831. The molecule has 2 atom stereocenters. The van der Waals surface area contributed by atoms with E-state index in [1.165, 1.54) is 0 Å². The molecule has 0 aliphatic carbocycles. The minimum atomic E-state index is -0.780. The van der Waals surface area contributed by atoms with Gasteiger partial charge in [0.15, 0.2) is 0 Å². The van der Waals surface area contributed by atoms with Crippen molar-refractivity contribution in [1.82, 2.24) is 9.80 Å². The molecule has 124 valence electrons. The second-order valence-corrected chi connectivity index (χ2v) is 6.77. The Morgan fingerprint density at radius 1 is 1.32 bits per heavy atom. The number of hydrogen-bond acceptors (Lipinski definition) is 3. The van der Waals surface area contributed by atoms with Gasteiger partial charge in [-0.1, -0.05) is 0 Å². The maximum atomic E-state index is 12.6. The van der Waals surface area contributed by atoms with Gasteiger partial charge in [-0.15, -0.1) is 0 Å². The predicted molar refractivity (Wildman–Crippen MR) is 81.1 cm³/mol. The molecule has 0 aromatic heterocycles. The van der Waals surface area contributed by atoms with Crippen LogP contribution >= 0.6 is 0 Å². The molecule has 0 unspecified atom stereocenters. The average Bonchev–Trinajstić information content (AvgIpc) is 2.87. The summed E-state index contributed by atoms with van der Waals surface area (Å²) < 4.78 is 0. The maximum Gasteiger partial charge on any atom is 0.303 e. The van der Waals surface area contributed by atoms with Gasteiger partial charge in [-0.25, -0.2) is 0 Å². The molecule has 0 saturated carbocycles. The molecule has 2 saturated heterocycles. The molecule has 2 aliphatic heterocycles. The second kappa shape index (κ2) is 7.11. The number of rotatable bonds is 5. The molecule has 0 aromatic rings. The zero-order valence-corrected chi connectivity index (χ0v) is 13.5. The predicted octanol–water partition coefficient (Wildman–Crippen LogP) is 1.35.